The molecule has 1 aromatic heterocycles. The van der Waals surface area contributed by atoms with Crippen LogP contribution in [0.5, 0.6) is 5.75 Å². The minimum Gasteiger partial charge on any atom is -0.497 e. The summed E-state index contributed by atoms with van der Waals surface area (Å²) in [6, 6.07) is 23.7. The van der Waals surface area contributed by atoms with Crippen molar-refractivity contribution in [3.63, 3.8) is 0 Å². The number of amides is 4. The van der Waals surface area contributed by atoms with Gasteiger partial charge in [-0.3, -0.25) is 14.9 Å². The van der Waals surface area contributed by atoms with E-state index in [-0.39, 0.29) is 5.57 Å². The fraction of sp³-hybridized carbons (Fsp3) is 0.107. The zero-order valence-electron chi connectivity index (χ0n) is 19.3. The molecule has 1 saturated heterocycles. The smallest absolute Gasteiger partial charge is 0.335 e. The molecule has 7 heteroatoms. The van der Waals surface area contributed by atoms with Crippen LogP contribution in [0.4, 0.5) is 10.5 Å². The van der Waals surface area contributed by atoms with E-state index in [1.54, 1.807) is 30.3 Å². The van der Waals surface area contributed by atoms with Gasteiger partial charge in [-0.15, -0.1) is 0 Å². The summed E-state index contributed by atoms with van der Waals surface area (Å²) in [6.07, 6.45) is 1.58. The van der Waals surface area contributed by atoms with E-state index in [9.17, 15) is 14.4 Å². The van der Waals surface area contributed by atoms with Crippen LogP contribution in [0.1, 0.15) is 16.8 Å². The monoisotopic (exact) mass is 465 g/mol. The zero-order valence-corrected chi connectivity index (χ0v) is 19.3. The predicted octanol–water partition coefficient (Wildman–Crippen LogP) is 4.67. The summed E-state index contributed by atoms with van der Waals surface area (Å²) in [4.78, 5) is 39.7. The quantitative estimate of drug-likeness (QED) is 0.343. The van der Waals surface area contributed by atoms with E-state index in [0.29, 0.717) is 18.0 Å². The summed E-state index contributed by atoms with van der Waals surface area (Å²) in [5.74, 6) is -0.806. The molecular weight excluding hydrogens is 442 g/mol. The Morgan fingerprint density at radius 2 is 1.57 bits per heavy atom. The molecule has 0 unspecified atom stereocenters. The number of carbonyl (C=O) groups is 3. The van der Waals surface area contributed by atoms with Crippen molar-refractivity contribution in [2.45, 2.75) is 13.5 Å². The first-order chi connectivity index (χ1) is 17.0. The fourth-order valence-electron chi connectivity index (χ4n) is 4.38. The molecule has 1 aliphatic heterocycles. The Hall–Kier alpha value is -4.65. The number of carbonyl (C=O) groups excluding carboxylic acids is 3. The number of hydrogen-bond donors (Lipinski definition) is 1. The number of fused-ring (bicyclic) bond motifs is 1. The van der Waals surface area contributed by atoms with Gasteiger partial charge in [-0.2, -0.15) is 0 Å². The Morgan fingerprint density at radius 3 is 2.29 bits per heavy atom. The maximum Gasteiger partial charge on any atom is 0.335 e. The van der Waals surface area contributed by atoms with Gasteiger partial charge in [-0.05, 0) is 48.9 Å². The van der Waals surface area contributed by atoms with Crippen molar-refractivity contribution in [1.29, 1.82) is 0 Å². The summed E-state index contributed by atoms with van der Waals surface area (Å²) in [5.41, 5.74) is 4.04. The van der Waals surface area contributed by atoms with Crippen LogP contribution in [-0.2, 0) is 16.1 Å². The number of ether oxygens (including phenoxy) is 1. The number of benzene rings is 3. The minimum absolute atomic E-state index is 0.105. The van der Waals surface area contributed by atoms with Crippen LogP contribution in [0, 0.1) is 6.92 Å². The summed E-state index contributed by atoms with van der Waals surface area (Å²) in [7, 11) is 1.53. The van der Waals surface area contributed by atoms with E-state index in [2.05, 4.69) is 22.0 Å². The highest BCUT2D eigenvalue weighted by atomic mass is 16.5. The molecule has 4 aromatic rings. The van der Waals surface area contributed by atoms with Gasteiger partial charge in [0.25, 0.3) is 11.8 Å². The number of methoxy groups -OCH3 is 1. The Morgan fingerprint density at radius 1 is 0.886 bits per heavy atom. The molecule has 0 saturated carbocycles. The molecule has 1 aliphatic rings. The molecule has 3 aromatic carbocycles. The number of anilines is 1. The maximum absolute atomic E-state index is 13.4. The highest BCUT2D eigenvalue weighted by Crippen LogP contribution is 2.30. The number of aromatic nitrogens is 1. The first-order valence-corrected chi connectivity index (χ1v) is 11.1. The fourth-order valence-corrected chi connectivity index (χ4v) is 4.38. The summed E-state index contributed by atoms with van der Waals surface area (Å²) in [5, 5.41) is 3.21. The third kappa shape index (κ3) is 3.97. The van der Waals surface area contributed by atoms with Crippen molar-refractivity contribution in [2.75, 3.05) is 12.0 Å². The van der Waals surface area contributed by atoms with Gasteiger partial charge in [0.1, 0.15) is 11.3 Å². The van der Waals surface area contributed by atoms with E-state index in [0.717, 1.165) is 32.6 Å². The van der Waals surface area contributed by atoms with Crippen molar-refractivity contribution >= 4 is 40.5 Å². The van der Waals surface area contributed by atoms with Crippen molar-refractivity contribution in [2.24, 2.45) is 0 Å². The lowest BCUT2D eigenvalue weighted by molar-refractivity contribution is -0.122. The second kappa shape index (κ2) is 8.95. The van der Waals surface area contributed by atoms with E-state index in [1.165, 1.54) is 7.11 Å². The van der Waals surface area contributed by atoms with E-state index >= 15 is 0 Å². The first-order valence-electron chi connectivity index (χ1n) is 11.1. The molecule has 7 nitrogen and oxygen atoms in total. The van der Waals surface area contributed by atoms with Crippen molar-refractivity contribution in [3.05, 3.63) is 101 Å². The van der Waals surface area contributed by atoms with Crippen molar-refractivity contribution < 1.29 is 19.1 Å². The Labute approximate surface area is 202 Å². The highest BCUT2D eigenvalue weighted by Gasteiger charge is 2.37. The highest BCUT2D eigenvalue weighted by molar-refractivity contribution is 6.39. The number of nitrogens with one attached hydrogen (secondary N) is 1. The zero-order chi connectivity index (χ0) is 24.5. The summed E-state index contributed by atoms with van der Waals surface area (Å²) in [6.45, 7) is 2.61. The molecule has 0 atom stereocenters. The van der Waals surface area contributed by atoms with Crippen LogP contribution in [0.15, 0.2) is 84.4 Å². The molecule has 0 aliphatic carbocycles. The third-order valence-electron chi connectivity index (χ3n) is 6.18. The van der Waals surface area contributed by atoms with Crippen LogP contribution in [0.3, 0.4) is 0 Å². The molecule has 5 rings (SSSR count). The lowest BCUT2D eigenvalue weighted by Crippen LogP contribution is -2.54. The van der Waals surface area contributed by atoms with Gasteiger partial charge in [0.05, 0.1) is 12.8 Å². The molecule has 174 valence electrons. The number of para-hydroxylation sites is 1. The third-order valence-corrected chi connectivity index (χ3v) is 6.18. The minimum atomic E-state index is -0.787. The standard InChI is InChI=1S/C28H23N3O4/c1-18-23(22-10-6-7-11-25(22)30(18)17-19-8-4-3-5-9-19)16-24-26(32)29-28(34)31(27(24)33)20-12-14-21(35-2)15-13-20/h3-16H,17H2,1-2H3,(H,29,32,34)/b24-16-. The van der Waals surface area contributed by atoms with Crippen LogP contribution in [0.2, 0.25) is 0 Å². The lowest BCUT2D eigenvalue weighted by atomic mass is 10.0. The van der Waals surface area contributed by atoms with Crippen LogP contribution < -0.4 is 15.0 Å². The largest absolute Gasteiger partial charge is 0.497 e. The van der Waals surface area contributed by atoms with Gasteiger partial charge in [0.15, 0.2) is 0 Å². The Balaban J connectivity index is 1.59. The van der Waals surface area contributed by atoms with Gasteiger partial charge in [-0.1, -0.05) is 48.5 Å². The molecule has 0 spiro atoms. The molecule has 1 N–H and O–H groups in total. The molecule has 4 amide bonds. The predicted molar refractivity (Wildman–Crippen MR) is 134 cm³/mol. The van der Waals surface area contributed by atoms with Crippen LogP contribution in [-0.4, -0.2) is 29.5 Å². The maximum atomic E-state index is 13.4. The molecule has 2 heterocycles. The second-order valence-corrected chi connectivity index (χ2v) is 8.24. The number of imide groups is 2. The molecule has 0 radical (unpaired) electrons. The molecule has 1 fully saturated rings. The summed E-state index contributed by atoms with van der Waals surface area (Å²) < 4.78 is 7.32. The van der Waals surface area contributed by atoms with E-state index in [4.69, 9.17) is 4.74 Å². The van der Waals surface area contributed by atoms with Gasteiger partial charge in [0.2, 0.25) is 0 Å². The van der Waals surface area contributed by atoms with Crippen molar-refractivity contribution in [3.8, 4) is 5.75 Å². The van der Waals surface area contributed by atoms with Crippen LogP contribution >= 0.6 is 0 Å². The Bertz CT molecular complexity index is 1480. The SMILES string of the molecule is COc1ccc(N2C(=O)NC(=O)/C(=C/c3c(C)n(Cc4ccccc4)c4ccccc34)C2=O)cc1. The van der Waals surface area contributed by atoms with Crippen molar-refractivity contribution in [1.82, 2.24) is 9.88 Å². The van der Waals surface area contributed by atoms with Gasteiger partial charge in [0, 0.05) is 28.7 Å². The van der Waals surface area contributed by atoms with E-state index in [1.807, 2.05) is 49.4 Å². The summed E-state index contributed by atoms with van der Waals surface area (Å²) >= 11 is 0. The number of hydrogen-bond acceptors (Lipinski definition) is 4. The molecular formula is C28H23N3O4. The number of barbiturate groups is 1. The average molecular weight is 466 g/mol. The second-order valence-electron chi connectivity index (χ2n) is 8.24. The number of nitrogens with zero attached hydrogens (tertiary/aromatic N) is 2. The number of urea groups is 1. The topological polar surface area (TPSA) is 80.6 Å². The van der Waals surface area contributed by atoms with Gasteiger partial charge >= 0.3 is 6.03 Å². The van der Waals surface area contributed by atoms with Crippen LogP contribution in [0.25, 0.3) is 17.0 Å². The molecule has 35 heavy (non-hydrogen) atoms. The van der Waals surface area contributed by atoms with E-state index < -0.39 is 17.8 Å². The van der Waals surface area contributed by atoms with Gasteiger partial charge in [-0.25, -0.2) is 9.69 Å². The molecule has 0 bridgehead atoms. The van der Waals surface area contributed by atoms with Gasteiger partial charge < -0.3 is 9.30 Å². The first kappa shape index (κ1) is 22.2. The number of rotatable bonds is 5. The normalized spacial score (nSPS) is 15.1. The average Bonchev–Trinajstić information content (AvgIpc) is 3.13. The lowest BCUT2D eigenvalue weighted by Gasteiger charge is -2.26. The Kier molecular flexibility index (Phi) is 5.66.